The average Bonchev–Trinajstić information content (AvgIpc) is 2.78. The monoisotopic (exact) mass is 348 g/mol. The van der Waals surface area contributed by atoms with Crippen molar-refractivity contribution in [1.29, 1.82) is 0 Å². The van der Waals surface area contributed by atoms with Gasteiger partial charge in [-0.25, -0.2) is 16.8 Å². The van der Waals surface area contributed by atoms with Crippen molar-refractivity contribution in [2.75, 3.05) is 12.5 Å². The molecule has 8 heteroatoms. The zero-order valence-electron chi connectivity index (χ0n) is 13.1. The summed E-state index contributed by atoms with van der Waals surface area (Å²) in [5, 5.41) is 0. The Morgan fingerprint density at radius 3 is 2.05 bits per heavy atom. The molecule has 3 aliphatic rings. The third-order valence-corrected chi connectivity index (χ3v) is 7.68. The van der Waals surface area contributed by atoms with Gasteiger partial charge in [0.15, 0.2) is 0 Å². The van der Waals surface area contributed by atoms with Crippen LogP contribution in [0, 0.1) is 5.92 Å². The second-order valence-corrected chi connectivity index (χ2v) is 10.5. The minimum Gasteiger partial charge on any atom is -0.273 e. The zero-order valence-corrected chi connectivity index (χ0v) is 14.7. The Bertz CT molecular complexity index is 671. The molecule has 4 atom stereocenters. The van der Waals surface area contributed by atoms with Gasteiger partial charge >= 0.3 is 0 Å². The largest absolute Gasteiger partial charge is 0.273 e. The van der Waals surface area contributed by atoms with E-state index in [2.05, 4.69) is 0 Å². The Morgan fingerprint density at radius 2 is 1.45 bits per heavy atom. The van der Waals surface area contributed by atoms with E-state index in [0.717, 1.165) is 38.5 Å². The molecule has 3 rings (SSSR count). The second-order valence-electron chi connectivity index (χ2n) is 6.76. The van der Waals surface area contributed by atoms with Crippen molar-refractivity contribution in [2.24, 2.45) is 5.92 Å². The molecule has 2 saturated heterocycles. The molecule has 3 aliphatic heterocycles. The minimum atomic E-state index is -3.39. The van der Waals surface area contributed by atoms with Gasteiger partial charge in [0.1, 0.15) is 0 Å². The molecule has 0 spiro atoms. The maximum atomic E-state index is 12.4. The van der Waals surface area contributed by atoms with Gasteiger partial charge in [0.25, 0.3) is 0 Å². The molecule has 0 aromatic carbocycles. The summed E-state index contributed by atoms with van der Waals surface area (Å²) in [7, 11) is -6.76. The lowest BCUT2D eigenvalue weighted by Crippen LogP contribution is -2.55. The van der Waals surface area contributed by atoms with Gasteiger partial charge in [-0.2, -0.15) is 4.31 Å². The van der Waals surface area contributed by atoms with Crippen LogP contribution in [-0.4, -0.2) is 56.1 Å². The maximum absolute atomic E-state index is 12.4. The van der Waals surface area contributed by atoms with Crippen molar-refractivity contribution in [3.63, 3.8) is 0 Å². The van der Waals surface area contributed by atoms with Crippen molar-refractivity contribution < 1.29 is 16.8 Å². The predicted molar refractivity (Wildman–Crippen MR) is 85.1 cm³/mol. The summed E-state index contributed by atoms with van der Waals surface area (Å²) in [5.41, 5.74) is 0. The van der Waals surface area contributed by atoms with Crippen molar-refractivity contribution >= 4 is 20.0 Å². The fourth-order valence-electron chi connectivity index (χ4n) is 4.40. The summed E-state index contributed by atoms with van der Waals surface area (Å²) in [5.74, 6) is 0.104. The van der Waals surface area contributed by atoms with Gasteiger partial charge in [-0.05, 0) is 31.6 Å². The van der Waals surface area contributed by atoms with Crippen LogP contribution in [0.25, 0.3) is 0 Å². The predicted octanol–water partition coefficient (Wildman–Crippen LogP) is 1.13. The summed E-state index contributed by atoms with van der Waals surface area (Å²) < 4.78 is 52.2. The van der Waals surface area contributed by atoms with Gasteiger partial charge in [-0.15, -0.1) is 0 Å². The van der Waals surface area contributed by atoms with E-state index in [1.165, 1.54) is 16.8 Å². The van der Waals surface area contributed by atoms with Crippen LogP contribution in [0.4, 0.5) is 0 Å². The number of rotatable bonds is 2. The van der Waals surface area contributed by atoms with Crippen molar-refractivity contribution in [3.05, 3.63) is 12.3 Å². The number of nitrogens with zero attached hydrogens (tertiary/aromatic N) is 2. The van der Waals surface area contributed by atoms with Crippen molar-refractivity contribution in [2.45, 2.75) is 56.7 Å². The molecule has 0 aromatic heterocycles. The molecule has 0 radical (unpaired) electrons. The van der Waals surface area contributed by atoms with E-state index in [1.54, 1.807) is 10.5 Å². The lowest BCUT2D eigenvalue weighted by molar-refractivity contribution is 0.177. The van der Waals surface area contributed by atoms with E-state index in [9.17, 15) is 16.8 Å². The molecule has 0 amide bonds. The normalized spacial score (nSPS) is 36.7. The smallest absolute Gasteiger partial charge is 0.232 e. The van der Waals surface area contributed by atoms with E-state index in [1.807, 2.05) is 6.08 Å². The van der Waals surface area contributed by atoms with Crippen LogP contribution in [-0.2, 0) is 20.0 Å². The van der Waals surface area contributed by atoms with Gasteiger partial charge in [-0.3, -0.25) is 4.31 Å². The van der Waals surface area contributed by atoms with Gasteiger partial charge in [-0.1, -0.05) is 18.9 Å². The lowest BCUT2D eigenvalue weighted by Gasteiger charge is -2.41. The van der Waals surface area contributed by atoms with Crippen LogP contribution in [0.3, 0.4) is 0 Å². The minimum absolute atomic E-state index is 0.0227. The Kier molecular flexibility index (Phi) is 4.06. The average molecular weight is 348 g/mol. The molecule has 0 aliphatic carbocycles. The van der Waals surface area contributed by atoms with E-state index in [0.29, 0.717) is 0 Å². The summed E-state index contributed by atoms with van der Waals surface area (Å²) in [6, 6.07) is -0.549. The standard InChI is InChI=1S/C14H24N2O4S2/c1-21(17,18)15-10-9-11-7-8-13(15)14-6-4-3-5-12(11)16(14)22(2,19)20/h9-14H,3-8H2,1-2H3/t11-,12+,13-,14+/m1/s1. The molecule has 22 heavy (non-hydrogen) atoms. The first kappa shape index (κ1) is 16.3. The van der Waals surface area contributed by atoms with E-state index in [4.69, 9.17) is 0 Å². The maximum Gasteiger partial charge on any atom is 0.232 e. The molecule has 0 saturated carbocycles. The molecule has 0 aromatic rings. The highest BCUT2D eigenvalue weighted by atomic mass is 32.2. The number of sulfonamides is 2. The molecule has 2 fully saturated rings. The van der Waals surface area contributed by atoms with Crippen molar-refractivity contribution in [3.8, 4) is 0 Å². The third kappa shape index (κ3) is 2.80. The summed E-state index contributed by atoms with van der Waals surface area (Å²) >= 11 is 0. The Balaban J connectivity index is 2.16. The van der Waals surface area contributed by atoms with Crippen LogP contribution in [0.5, 0.6) is 0 Å². The van der Waals surface area contributed by atoms with Gasteiger partial charge in [0.2, 0.25) is 20.0 Å². The molecule has 4 bridgehead atoms. The van der Waals surface area contributed by atoms with Crippen LogP contribution >= 0.6 is 0 Å². The molecular weight excluding hydrogens is 324 g/mol. The highest BCUT2D eigenvalue weighted by Crippen LogP contribution is 2.41. The topological polar surface area (TPSA) is 74.8 Å². The number of hydrogen-bond donors (Lipinski definition) is 0. The molecule has 3 heterocycles. The summed E-state index contributed by atoms with van der Waals surface area (Å²) in [4.78, 5) is 0. The first-order valence-corrected chi connectivity index (χ1v) is 11.5. The van der Waals surface area contributed by atoms with E-state index >= 15 is 0 Å². The first-order chi connectivity index (χ1) is 10.2. The Labute approximate surface area is 133 Å². The first-order valence-electron chi connectivity index (χ1n) is 7.85. The summed E-state index contributed by atoms with van der Waals surface area (Å²) in [6.45, 7) is 0. The Hall–Kier alpha value is -0.600. The molecule has 0 N–H and O–H groups in total. The third-order valence-electron chi connectivity index (χ3n) is 5.21. The molecule has 126 valence electrons. The summed E-state index contributed by atoms with van der Waals surface area (Å²) in [6.07, 6.45) is 11.2. The van der Waals surface area contributed by atoms with Crippen LogP contribution in [0.1, 0.15) is 38.5 Å². The second kappa shape index (κ2) is 5.49. The van der Waals surface area contributed by atoms with Crippen LogP contribution in [0.2, 0.25) is 0 Å². The highest BCUT2D eigenvalue weighted by molar-refractivity contribution is 7.88. The molecular formula is C14H24N2O4S2. The van der Waals surface area contributed by atoms with E-state index < -0.39 is 20.0 Å². The number of fused-ring (bicyclic) bond motifs is 7. The quantitative estimate of drug-likeness (QED) is 0.750. The fourth-order valence-corrected chi connectivity index (χ4v) is 6.92. The SMILES string of the molecule is CS(=O)(=O)N1C=C[C@H]2CC[C@@H]1[C@@H]1CCCC[C@@H]2N1S(C)(=O)=O. The van der Waals surface area contributed by atoms with Crippen LogP contribution in [0.15, 0.2) is 12.3 Å². The number of hydrogen-bond acceptors (Lipinski definition) is 4. The van der Waals surface area contributed by atoms with Crippen molar-refractivity contribution in [1.82, 2.24) is 8.61 Å². The fraction of sp³-hybridized carbons (Fsp3) is 0.857. The Morgan fingerprint density at radius 1 is 0.818 bits per heavy atom. The lowest BCUT2D eigenvalue weighted by atomic mass is 9.91. The molecule has 6 nitrogen and oxygen atoms in total. The van der Waals surface area contributed by atoms with Gasteiger partial charge in [0, 0.05) is 18.3 Å². The molecule has 0 unspecified atom stereocenters. The van der Waals surface area contributed by atoms with Gasteiger partial charge < -0.3 is 0 Å². The highest BCUT2D eigenvalue weighted by Gasteiger charge is 2.48. The zero-order chi connectivity index (χ0) is 16.1. The van der Waals surface area contributed by atoms with Crippen LogP contribution < -0.4 is 0 Å². The van der Waals surface area contributed by atoms with E-state index in [-0.39, 0.29) is 24.0 Å². The van der Waals surface area contributed by atoms with Gasteiger partial charge in [0.05, 0.1) is 18.6 Å².